The maximum absolute atomic E-state index is 6.37. The lowest BCUT2D eigenvalue weighted by molar-refractivity contribution is 0.587. The van der Waals surface area contributed by atoms with Crippen molar-refractivity contribution in [2.45, 2.75) is 31.6 Å². The average molecular weight is 289 g/mol. The molecule has 2 nitrogen and oxygen atoms in total. The van der Waals surface area contributed by atoms with Crippen molar-refractivity contribution in [1.29, 1.82) is 0 Å². The molecule has 1 N–H and O–H groups in total. The summed E-state index contributed by atoms with van der Waals surface area (Å²) < 4.78 is 0. The van der Waals surface area contributed by atoms with Crippen molar-refractivity contribution in [1.82, 2.24) is 4.98 Å². The quantitative estimate of drug-likeness (QED) is 0.820. The van der Waals surface area contributed by atoms with Gasteiger partial charge in [0.2, 0.25) is 0 Å². The first-order valence-corrected chi connectivity index (χ1v) is 7.30. The van der Waals surface area contributed by atoms with Crippen LogP contribution in [0, 0.1) is 0 Å². The molecule has 0 radical (unpaired) electrons. The van der Waals surface area contributed by atoms with Crippen LogP contribution >= 0.6 is 11.6 Å². The van der Waals surface area contributed by atoms with E-state index in [-0.39, 0.29) is 10.8 Å². The molecule has 1 aromatic carbocycles. The summed E-state index contributed by atoms with van der Waals surface area (Å²) in [5.41, 5.74) is 2.48. The summed E-state index contributed by atoms with van der Waals surface area (Å²) in [7, 11) is 0. The van der Waals surface area contributed by atoms with Gasteiger partial charge in [-0.05, 0) is 22.6 Å². The number of nitrogens with zero attached hydrogens (tertiary/aromatic N) is 1. The molecule has 3 heteroatoms. The summed E-state index contributed by atoms with van der Waals surface area (Å²) in [5.74, 6) is 0.861. The molecule has 0 aliphatic rings. The second-order valence-electron chi connectivity index (χ2n) is 5.94. The summed E-state index contributed by atoms with van der Waals surface area (Å²) in [4.78, 5) is 4.44. The number of hydrogen-bond acceptors (Lipinski definition) is 2. The first-order chi connectivity index (χ1) is 9.47. The third-order valence-electron chi connectivity index (χ3n) is 3.25. The van der Waals surface area contributed by atoms with Crippen molar-refractivity contribution in [3.8, 4) is 0 Å². The van der Waals surface area contributed by atoms with Gasteiger partial charge in [-0.2, -0.15) is 0 Å². The van der Waals surface area contributed by atoms with Gasteiger partial charge in [-0.3, -0.25) is 0 Å². The smallest absolute Gasteiger partial charge is 0.125 e. The van der Waals surface area contributed by atoms with Crippen LogP contribution in [0.1, 0.15) is 37.3 Å². The van der Waals surface area contributed by atoms with Gasteiger partial charge in [0.05, 0.1) is 5.38 Å². The Morgan fingerprint density at radius 1 is 1.10 bits per heavy atom. The predicted molar refractivity (Wildman–Crippen MR) is 86.5 cm³/mol. The number of hydrogen-bond donors (Lipinski definition) is 1. The van der Waals surface area contributed by atoms with Gasteiger partial charge >= 0.3 is 0 Å². The Hall–Kier alpha value is -1.54. The largest absolute Gasteiger partial charge is 0.368 e. The third kappa shape index (κ3) is 3.97. The molecule has 0 saturated heterocycles. The Kier molecular flexibility index (Phi) is 4.66. The number of alkyl halides is 1. The molecule has 1 atom stereocenters. The van der Waals surface area contributed by atoms with Gasteiger partial charge in [0.1, 0.15) is 5.82 Å². The highest BCUT2D eigenvalue weighted by atomic mass is 35.5. The fourth-order valence-corrected chi connectivity index (χ4v) is 2.14. The van der Waals surface area contributed by atoms with E-state index in [9.17, 15) is 0 Å². The summed E-state index contributed by atoms with van der Waals surface area (Å²) in [6.07, 6.45) is 1.92. The molecule has 0 spiro atoms. The van der Waals surface area contributed by atoms with E-state index in [4.69, 9.17) is 11.6 Å². The van der Waals surface area contributed by atoms with E-state index in [2.05, 4.69) is 37.1 Å². The fourth-order valence-electron chi connectivity index (χ4n) is 1.92. The van der Waals surface area contributed by atoms with E-state index in [0.717, 1.165) is 11.4 Å². The summed E-state index contributed by atoms with van der Waals surface area (Å²) in [6.45, 7) is 7.21. The Morgan fingerprint density at radius 3 is 2.35 bits per heavy atom. The number of pyridine rings is 1. The van der Waals surface area contributed by atoms with Crippen LogP contribution in [0.2, 0.25) is 0 Å². The topological polar surface area (TPSA) is 24.9 Å². The normalized spacial score (nSPS) is 13.0. The fraction of sp³-hybridized carbons (Fsp3) is 0.353. The summed E-state index contributed by atoms with van der Waals surface area (Å²) in [6, 6.07) is 14.2. The second kappa shape index (κ2) is 6.27. The number of nitrogens with one attached hydrogen (secondary N) is 1. The Labute approximate surface area is 126 Å². The van der Waals surface area contributed by atoms with Crippen LogP contribution in [-0.4, -0.2) is 11.5 Å². The monoisotopic (exact) mass is 288 g/mol. The maximum atomic E-state index is 6.37. The summed E-state index contributed by atoms with van der Waals surface area (Å²) >= 11 is 6.37. The molecule has 106 valence electrons. The molecule has 1 aromatic heterocycles. The van der Waals surface area contributed by atoms with Gasteiger partial charge in [0.25, 0.3) is 0 Å². The molecule has 2 aromatic rings. The molecule has 0 amide bonds. The molecule has 0 bridgehead atoms. The Balaban J connectivity index is 1.94. The number of halogens is 1. The predicted octanol–water partition coefficient (Wildman–Crippen LogP) is 4.77. The van der Waals surface area contributed by atoms with Crippen LogP contribution in [0.4, 0.5) is 5.82 Å². The van der Waals surface area contributed by atoms with Gasteiger partial charge in [-0.15, -0.1) is 11.6 Å². The van der Waals surface area contributed by atoms with Crippen LogP contribution in [0.5, 0.6) is 0 Å². The van der Waals surface area contributed by atoms with Gasteiger partial charge in [0.15, 0.2) is 0 Å². The lowest BCUT2D eigenvalue weighted by atomic mass is 9.88. The zero-order chi connectivity index (χ0) is 14.6. The molecule has 0 aliphatic carbocycles. The van der Waals surface area contributed by atoms with Gasteiger partial charge in [-0.1, -0.05) is 57.2 Å². The van der Waals surface area contributed by atoms with E-state index in [0.29, 0.717) is 6.54 Å². The van der Waals surface area contributed by atoms with E-state index >= 15 is 0 Å². The van der Waals surface area contributed by atoms with E-state index < -0.39 is 0 Å². The average Bonchev–Trinajstić information content (AvgIpc) is 2.45. The van der Waals surface area contributed by atoms with E-state index in [1.165, 1.54) is 5.56 Å². The first-order valence-electron chi connectivity index (χ1n) is 6.86. The number of rotatable bonds is 4. The molecule has 0 aliphatic heterocycles. The minimum Gasteiger partial charge on any atom is -0.368 e. The van der Waals surface area contributed by atoms with Crippen LogP contribution in [0.25, 0.3) is 0 Å². The Bertz CT molecular complexity index is 529. The number of benzene rings is 1. The Morgan fingerprint density at radius 2 is 1.80 bits per heavy atom. The SMILES string of the molecule is CC(C)(C)c1ccc(NCC(Cl)c2ccccc2)nc1. The van der Waals surface area contributed by atoms with Crippen molar-refractivity contribution < 1.29 is 0 Å². The van der Waals surface area contributed by atoms with Crippen LogP contribution in [-0.2, 0) is 5.41 Å². The maximum Gasteiger partial charge on any atom is 0.125 e. The molecule has 1 unspecified atom stereocenters. The molecule has 1 heterocycles. The van der Waals surface area contributed by atoms with Gasteiger partial charge in [0, 0.05) is 12.7 Å². The van der Waals surface area contributed by atoms with Crippen molar-refractivity contribution in [3.05, 3.63) is 59.8 Å². The standard InChI is InChI=1S/C17H21ClN2/c1-17(2,3)14-9-10-16(19-11-14)20-12-15(18)13-7-5-4-6-8-13/h4-11,15H,12H2,1-3H3,(H,19,20). The van der Waals surface area contributed by atoms with Crippen molar-refractivity contribution in [3.63, 3.8) is 0 Å². The van der Waals surface area contributed by atoms with E-state index in [1.54, 1.807) is 0 Å². The zero-order valence-corrected chi connectivity index (χ0v) is 13.0. The van der Waals surface area contributed by atoms with Crippen molar-refractivity contribution in [2.24, 2.45) is 0 Å². The minimum atomic E-state index is -0.0553. The minimum absolute atomic E-state index is 0.0553. The molecular weight excluding hydrogens is 268 g/mol. The van der Waals surface area contributed by atoms with Gasteiger partial charge < -0.3 is 5.32 Å². The van der Waals surface area contributed by atoms with Crippen LogP contribution < -0.4 is 5.32 Å². The summed E-state index contributed by atoms with van der Waals surface area (Å²) in [5, 5.41) is 3.22. The highest BCUT2D eigenvalue weighted by Crippen LogP contribution is 2.23. The molecule has 0 fully saturated rings. The molecule has 20 heavy (non-hydrogen) atoms. The van der Waals surface area contributed by atoms with Crippen molar-refractivity contribution in [2.75, 3.05) is 11.9 Å². The van der Waals surface area contributed by atoms with Crippen LogP contribution in [0.3, 0.4) is 0 Å². The second-order valence-corrected chi connectivity index (χ2v) is 6.47. The number of aromatic nitrogens is 1. The molecule has 2 rings (SSSR count). The van der Waals surface area contributed by atoms with Crippen molar-refractivity contribution >= 4 is 17.4 Å². The van der Waals surface area contributed by atoms with Gasteiger partial charge in [-0.25, -0.2) is 4.98 Å². The lowest BCUT2D eigenvalue weighted by Crippen LogP contribution is -2.13. The molecule has 0 saturated carbocycles. The molecular formula is C17H21ClN2. The first kappa shape index (κ1) is 14.9. The highest BCUT2D eigenvalue weighted by molar-refractivity contribution is 6.21. The zero-order valence-electron chi connectivity index (χ0n) is 12.2. The van der Waals surface area contributed by atoms with Crippen LogP contribution in [0.15, 0.2) is 48.7 Å². The highest BCUT2D eigenvalue weighted by Gasteiger charge is 2.13. The lowest BCUT2D eigenvalue weighted by Gasteiger charge is -2.19. The van der Waals surface area contributed by atoms with E-state index in [1.807, 2.05) is 42.6 Å². The number of anilines is 1. The third-order valence-corrected chi connectivity index (χ3v) is 3.66.